The number of hydrogen-bond acceptors (Lipinski definition) is 2. The highest BCUT2D eigenvalue weighted by Gasteiger charge is 2.20. The van der Waals surface area contributed by atoms with Crippen LogP contribution >= 0.6 is 0 Å². The maximum Gasteiger partial charge on any atom is 0.0342 e. The second-order valence-electron chi connectivity index (χ2n) is 5.11. The van der Waals surface area contributed by atoms with Gasteiger partial charge in [-0.15, -0.1) is 0 Å². The number of likely N-dealkylation sites (N-methyl/N-ethyl adjacent to an activating group) is 1. The first-order valence-electron chi connectivity index (χ1n) is 6.78. The van der Waals surface area contributed by atoms with Crippen molar-refractivity contribution < 1.29 is 0 Å². The monoisotopic (exact) mass is 232 g/mol. The lowest BCUT2D eigenvalue weighted by Crippen LogP contribution is -2.56. The van der Waals surface area contributed by atoms with Crippen molar-refractivity contribution in [2.24, 2.45) is 0 Å². The molecule has 0 radical (unpaired) electrons. The van der Waals surface area contributed by atoms with Gasteiger partial charge in [0.05, 0.1) is 0 Å². The largest absolute Gasteiger partial charge is 0.314 e. The maximum atomic E-state index is 3.32. The first-order valence-corrected chi connectivity index (χ1v) is 6.78. The predicted octanol–water partition coefficient (Wildman–Crippen LogP) is 2.09. The van der Waals surface area contributed by atoms with Crippen LogP contribution in [0, 0.1) is 0 Å². The second-order valence-corrected chi connectivity index (χ2v) is 5.11. The number of aryl methyl sites for hydroxylation is 1. The van der Waals surface area contributed by atoms with Crippen LogP contribution in [0.15, 0.2) is 24.3 Å². The number of rotatable bonds is 6. The smallest absolute Gasteiger partial charge is 0.0342 e. The van der Waals surface area contributed by atoms with E-state index in [4.69, 9.17) is 0 Å². The van der Waals surface area contributed by atoms with Crippen LogP contribution in [-0.2, 0) is 12.8 Å². The Morgan fingerprint density at radius 2 is 1.71 bits per heavy atom. The molecule has 2 nitrogen and oxygen atoms in total. The molecule has 94 valence electrons. The van der Waals surface area contributed by atoms with Crippen LogP contribution < -0.4 is 5.32 Å². The number of benzene rings is 1. The normalized spacial score (nSPS) is 16.2. The molecule has 2 rings (SSSR count). The van der Waals surface area contributed by atoms with Crippen LogP contribution in [0.1, 0.15) is 24.5 Å². The highest BCUT2D eigenvalue weighted by atomic mass is 15.2. The fourth-order valence-corrected chi connectivity index (χ4v) is 2.23. The minimum atomic E-state index is 0.759. The van der Waals surface area contributed by atoms with Crippen molar-refractivity contribution >= 4 is 0 Å². The Morgan fingerprint density at radius 1 is 1.12 bits per heavy atom. The molecule has 1 N–H and O–H groups in total. The summed E-state index contributed by atoms with van der Waals surface area (Å²) in [6, 6.07) is 9.90. The minimum Gasteiger partial charge on any atom is -0.314 e. The standard InChI is InChI=1S/C15H24N2/c1-3-4-13-5-7-14(8-6-13)9-10-17(2)15-11-16-12-15/h5-8,15-16H,3-4,9-12H2,1-2H3. The van der Waals surface area contributed by atoms with E-state index in [0.29, 0.717) is 0 Å². The molecule has 1 saturated heterocycles. The lowest BCUT2D eigenvalue weighted by molar-refractivity contribution is 0.182. The molecule has 1 aliphatic heterocycles. The van der Waals surface area contributed by atoms with Gasteiger partial charge >= 0.3 is 0 Å². The van der Waals surface area contributed by atoms with Crippen LogP contribution in [0.5, 0.6) is 0 Å². The van der Waals surface area contributed by atoms with Crippen molar-refractivity contribution in [1.82, 2.24) is 10.2 Å². The van der Waals surface area contributed by atoms with Crippen LogP contribution in [0.3, 0.4) is 0 Å². The van der Waals surface area contributed by atoms with Crippen molar-refractivity contribution in [3.63, 3.8) is 0 Å². The van der Waals surface area contributed by atoms with Crippen molar-refractivity contribution in [1.29, 1.82) is 0 Å². The fraction of sp³-hybridized carbons (Fsp3) is 0.600. The molecule has 1 aromatic carbocycles. The molecule has 0 amide bonds. The topological polar surface area (TPSA) is 15.3 Å². The Kier molecular flexibility index (Phi) is 4.57. The molecule has 1 heterocycles. The first-order chi connectivity index (χ1) is 8.29. The summed E-state index contributed by atoms with van der Waals surface area (Å²) in [5, 5.41) is 3.32. The highest BCUT2D eigenvalue weighted by Crippen LogP contribution is 2.09. The average molecular weight is 232 g/mol. The van der Waals surface area contributed by atoms with Gasteiger partial charge in [0.2, 0.25) is 0 Å². The summed E-state index contributed by atoms with van der Waals surface area (Å²) in [5.74, 6) is 0. The van der Waals surface area contributed by atoms with E-state index in [2.05, 4.69) is 48.5 Å². The van der Waals surface area contributed by atoms with Crippen LogP contribution in [0.25, 0.3) is 0 Å². The van der Waals surface area contributed by atoms with Gasteiger partial charge in [0.15, 0.2) is 0 Å². The molecule has 0 unspecified atom stereocenters. The molecule has 1 fully saturated rings. The number of hydrogen-bond donors (Lipinski definition) is 1. The zero-order valence-corrected chi connectivity index (χ0v) is 11.1. The van der Waals surface area contributed by atoms with Crippen molar-refractivity contribution in [2.45, 2.75) is 32.2 Å². The van der Waals surface area contributed by atoms with Gasteiger partial charge in [-0.05, 0) is 31.0 Å². The first kappa shape index (κ1) is 12.6. The van der Waals surface area contributed by atoms with Crippen molar-refractivity contribution in [3.8, 4) is 0 Å². The molecular formula is C15H24N2. The van der Waals surface area contributed by atoms with E-state index >= 15 is 0 Å². The second kappa shape index (κ2) is 6.18. The molecule has 0 saturated carbocycles. The summed E-state index contributed by atoms with van der Waals surface area (Å²) in [7, 11) is 2.23. The quantitative estimate of drug-likeness (QED) is 0.808. The summed E-state index contributed by atoms with van der Waals surface area (Å²) in [5.41, 5.74) is 2.93. The highest BCUT2D eigenvalue weighted by molar-refractivity contribution is 5.22. The summed E-state index contributed by atoms with van der Waals surface area (Å²) in [4.78, 5) is 2.47. The lowest BCUT2D eigenvalue weighted by atomic mass is 10.1. The molecule has 1 aromatic rings. The van der Waals surface area contributed by atoms with Gasteiger partial charge in [0.1, 0.15) is 0 Å². The van der Waals surface area contributed by atoms with Gasteiger partial charge in [-0.3, -0.25) is 0 Å². The Morgan fingerprint density at radius 3 is 2.18 bits per heavy atom. The molecule has 1 aliphatic rings. The van der Waals surface area contributed by atoms with Crippen LogP contribution in [0.4, 0.5) is 0 Å². The van der Waals surface area contributed by atoms with E-state index in [1.807, 2.05) is 0 Å². The van der Waals surface area contributed by atoms with Gasteiger partial charge in [-0.25, -0.2) is 0 Å². The molecule has 0 spiro atoms. The molecule has 2 heteroatoms. The molecule has 17 heavy (non-hydrogen) atoms. The lowest BCUT2D eigenvalue weighted by Gasteiger charge is -2.35. The SMILES string of the molecule is CCCc1ccc(CCN(C)C2CNC2)cc1. The van der Waals surface area contributed by atoms with Crippen LogP contribution in [0.2, 0.25) is 0 Å². The maximum absolute atomic E-state index is 3.32. The Balaban J connectivity index is 1.77. The van der Waals surface area contributed by atoms with Gasteiger partial charge in [0, 0.05) is 25.7 Å². The van der Waals surface area contributed by atoms with E-state index < -0.39 is 0 Å². The molecule has 0 atom stereocenters. The van der Waals surface area contributed by atoms with E-state index in [-0.39, 0.29) is 0 Å². The van der Waals surface area contributed by atoms with Crippen molar-refractivity contribution in [2.75, 3.05) is 26.7 Å². The van der Waals surface area contributed by atoms with Crippen LogP contribution in [-0.4, -0.2) is 37.6 Å². The fourth-order valence-electron chi connectivity index (χ4n) is 2.23. The predicted molar refractivity (Wildman–Crippen MR) is 73.4 cm³/mol. The minimum absolute atomic E-state index is 0.759. The molecule has 0 aliphatic carbocycles. The summed E-state index contributed by atoms with van der Waals surface area (Å²) in [6.07, 6.45) is 3.60. The third-order valence-electron chi connectivity index (χ3n) is 3.70. The van der Waals surface area contributed by atoms with Gasteiger partial charge in [-0.2, -0.15) is 0 Å². The molecule has 0 aromatic heterocycles. The number of nitrogens with one attached hydrogen (secondary N) is 1. The van der Waals surface area contributed by atoms with Gasteiger partial charge in [-0.1, -0.05) is 37.6 Å². The number of nitrogens with zero attached hydrogens (tertiary/aromatic N) is 1. The zero-order chi connectivity index (χ0) is 12.1. The van der Waals surface area contributed by atoms with E-state index in [9.17, 15) is 0 Å². The molecule has 0 bridgehead atoms. The van der Waals surface area contributed by atoms with E-state index in [1.54, 1.807) is 0 Å². The Bertz CT molecular complexity index is 327. The summed E-state index contributed by atoms with van der Waals surface area (Å²) < 4.78 is 0. The Labute approximate surface area is 105 Å². The third kappa shape index (κ3) is 3.55. The van der Waals surface area contributed by atoms with E-state index in [0.717, 1.165) is 19.1 Å². The average Bonchev–Trinajstić information content (AvgIpc) is 2.26. The Hall–Kier alpha value is -0.860. The zero-order valence-electron chi connectivity index (χ0n) is 11.1. The summed E-state index contributed by atoms with van der Waals surface area (Å²) >= 11 is 0. The summed E-state index contributed by atoms with van der Waals surface area (Å²) in [6.45, 7) is 5.72. The van der Waals surface area contributed by atoms with Crippen molar-refractivity contribution in [3.05, 3.63) is 35.4 Å². The third-order valence-corrected chi connectivity index (χ3v) is 3.70. The van der Waals surface area contributed by atoms with Gasteiger partial charge in [0.25, 0.3) is 0 Å². The van der Waals surface area contributed by atoms with Gasteiger partial charge < -0.3 is 10.2 Å². The van der Waals surface area contributed by atoms with E-state index in [1.165, 1.54) is 36.9 Å². The molecular weight excluding hydrogens is 208 g/mol.